The van der Waals surface area contributed by atoms with E-state index in [2.05, 4.69) is 40.3 Å². The van der Waals surface area contributed by atoms with Crippen LogP contribution in [0.3, 0.4) is 0 Å². The maximum Gasteiger partial charge on any atom is 0.159 e. The van der Waals surface area contributed by atoms with Crippen LogP contribution in [0.5, 0.6) is 5.75 Å². The second-order valence-electron chi connectivity index (χ2n) is 3.79. The molecular formula is C14H14BrNO. The van der Waals surface area contributed by atoms with E-state index in [-0.39, 0.29) is 0 Å². The molecule has 1 N–H and O–H groups in total. The van der Waals surface area contributed by atoms with Gasteiger partial charge in [0.1, 0.15) is 5.75 Å². The summed E-state index contributed by atoms with van der Waals surface area (Å²) < 4.78 is 6.63. The molecule has 0 aromatic heterocycles. The molecule has 0 radical (unpaired) electrons. The van der Waals surface area contributed by atoms with E-state index in [0.29, 0.717) is 6.73 Å². The zero-order valence-electron chi connectivity index (χ0n) is 9.61. The lowest BCUT2D eigenvalue weighted by molar-refractivity contribution is 0.347. The monoisotopic (exact) mass is 291 g/mol. The predicted octanol–water partition coefficient (Wildman–Crippen LogP) is 4.21. The number of nitrogens with one attached hydrogen (secondary N) is 1. The van der Waals surface area contributed by atoms with Crippen molar-refractivity contribution in [3.05, 3.63) is 58.6 Å². The molecule has 0 heterocycles. The summed E-state index contributed by atoms with van der Waals surface area (Å²) in [6.45, 7) is 2.53. The molecule has 0 unspecified atom stereocenters. The van der Waals surface area contributed by atoms with Gasteiger partial charge in [0.05, 0.1) is 0 Å². The first-order chi connectivity index (χ1) is 8.24. The van der Waals surface area contributed by atoms with Gasteiger partial charge in [-0.25, -0.2) is 0 Å². The van der Waals surface area contributed by atoms with E-state index in [4.69, 9.17) is 4.74 Å². The Bertz CT molecular complexity index is 482. The molecule has 2 nitrogen and oxygen atoms in total. The Hall–Kier alpha value is -1.48. The maximum atomic E-state index is 5.57. The fraction of sp³-hybridized carbons (Fsp3) is 0.143. The molecule has 2 aromatic carbocycles. The quantitative estimate of drug-likeness (QED) is 0.852. The smallest absolute Gasteiger partial charge is 0.159 e. The molecule has 0 atom stereocenters. The molecule has 0 fully saturated rings. The average Bonchev–Trinajstić information content (AvgIpc) is 2.32. The second-order valence-corrected chi connectivity index (χ2v) is 4.70. The van der Waals surface area contributed by atoms with E-state index in [1.54, 1.807) is 0 Å². The van der Waals surface area contributed by atoms with Crippen molar-refractivity contribution >= 4 is 21.6 Å². The van der Waals surface area contributed by atoms with Crippen molar-refractivity contribution in [2.75, 3.05) is 12.0 Å². The third-order valence-electron chi connectivity index (χ3n) is 2.35. The van der Waals surface area contributed by atoms with Crippen LogP contribution in [-0.4, -0.2) is 6.73 Å². The first kappa shape index (κ1) is 12.0. The largest absolute Gasteiger partial charge is 0.473 e. The van der Waals surface area contributed by atoms with Crippen LogP contribution in [0.25, 0.3) is 0 Å². The molecule has 2 rings (SSSR count). The van der Waals surface area contributed by atoms with Gasteiger partial charge in [-0.05, 0) is 48.9 Å². The van der Waals surface area contributed by atoms with Crippen LogP contribution >= 0.6 is 15.9 Å². The number of hydrogen-bond donors (Lipinski definition) is 1. The third kappa shape index (κ3) is 3.79. The molecule has 2 aromatic rings. The molecule has 0 spiro atoms. The van der Waals surface area contributed by atoms with Crippen molar-refractivity contribution in [1.82, 2.24) is 0 Å². The number of ether oxygens (including phenoxy) is 1. The summed E-state index contributed by atoms with van der Waals surface area (Å²) in [6, 6.07) is 16.0. The van der Waals surface area contributed by atoms with Crippen molar-refractivity contribution in [3.8, 4) is 5.75 Å². The van der Waals surface area contributed by atoms with E-state index in [1.807, 2.05) is 36.4 Å². The van der Waals surface area contributed by atoms with Crippen molar-refractivity contribution < 1.29 is 4.74 Å². The Kier molecular flexibility index (Phi) is 4.04. The highest BCUT2D eigenvalue weighted by Gasteiger charge is 1.94. The molecule has 0 aliphatic carbocycles. The van der Waals surface area contributed by atoms with Gasteiger partial charge < -0.3 is 10.1 Å². The van der Waals surface area contributed by atoms with E-state index < -0.39 is 0 Å². The highest BCUT2D eigenvalue weighted by atomic mass is 79.9. The summed E-state index contributed by atoms with van der Waals surface area (Å²) >= 11 is 3.39. The molecule has 88 valence electrons. The molecule has 0 saturated carbocycles. The number of benzene rings is 2. The van der Waals surface area contributed by atoms with E-state index >= 15 is 0 Å². The fourth-order valence-corrected chi connectivity index (χ4v) is 1.75. The standard InChI is InChI=1S/C14H14BrNO/c1-11-3-2-4-13(9-11)16-10-17-14-7-5-12(15)6-8-14/h2-9,16H,10H2,1H3. The minimum absolute atomic E-state index is 0.463. The Labute approximate surface area is 110 Å². The molecule has 0 amide bonds. The Morgan fingerprint density at radius 2 is 1.88 bits per heavy atom. The molecule has 0 aliphatic heterocycles. The number of halogens is 1. The molecule has 0 bridgehead atoms. The number of anilines is 1. The second kappa shape index (κ2) is 5.73. The van der Waals surface area contributed by atoms with E-state index in [1.165, 1.54) is 5.56 Å². The van der Waals surface area contributed by atoms with Gasteiger partial charge in [-0.2, -0.15) is 0 Å². The topological polar surface area (TPSA) is 21.3 Å². The van der Waals surface area contributed by atoms with Crippen LogP contribution in [0.15, 0.2) is 53.0 Å². The maximum absolute atomic E-state index is 5.57. The summed E-state index contributed by atoms with van der Waals surface area (Å²) in [7, 11) is 0. The van der Waals surface area contributed by atoms with Crippen molar-refractivity contribution in [2.45, 2.75) is 6.92 Å². The summed E-state index contributed by atoms with van der Waals surface area (Å²) in [4.78, 5) is 0. The van der Waals surface area contributed by atoms with Crippen LogP contribution in [0.1, 0.15) is 5.56 Å². The Morgan fingerprint density at radius 3 is 2.59 bits per heavy atom. The van der Waals surface area contributed by atoms with Gasteiger partial charge in [0.2, 0.25) is 0 Å². The van der Waals surface area contributed by atoms with E-state index in [0.717, 1.165) is 15.9 Å². The first-order valence-electron chi connectivity index (χ1n) is 5.43. The van der Waals surface area contributed by atoms with Gasteiger partial charge >= 0.3 is 0 Å². The summed E-state index contributed by atoms with van der Waals surface area (Å²) in [5.41, 5.74) is 2.31. The molecule has 0 saturated heterocycles. The SMILES string of the molecule is Cc1cccc(NCOc2ccc(Br)cc2)c1. The molecular weight excluding hydrogens is 278 g/mol. The highest BCUT2D eigenvalue weighted by Crippen LogP contribution is 2.16. The van der Waals surface area contributed by atoms with Crippen LogP contribution in [0.4, 0.5) is 5.69 Å². The van der Waals surface area contributed by atoms with Crippen molar-refractivity contribution in [3.63, 3.8) is 0 Å². The normalized spacial score (nSPS) is 10.0. The lowest BCUT2D eigenvalue weighted by atomic mass is 10.2. The van der Waals surface area contributed by atoms with Gasteiger partial charge in [0, 0.05) is 10.2 Å². The van der Waals surface area contributed by atoms with Gasteiger partial charge in [0.15, 0.2) is 6.73 Å². The summed E-state index contributed by atoms with van der Waals surface area (Å²) in [5, 5.41) is 3.21. The first-order valence-corrected chi connectivity index (χ1v) is 6.22. The average molecular weight is 292 g/mol. The minimum Gasteiger partial charge on any atom is -0.473 e. The lowest BCUT2D eigenvalue weighted by Crippen LogP contribution is -2.08. The van der Waals surface area contributed by atoms with E-state index in [9.17, 15) is 0 Å². The van der Waals surface area contributed by atoms with Crippen LogP contribution in [0.2, 0.25) is 0 Å². The zero-order chi connectivity index (χ0) is 12.1. The summed E-state index contributed by atoms with van der Waals surface area (Å²) in [5.74, 6) is 0.855. The van der Waals surface area contributed by atoms with Crippen LogP contribution < -0.4 is 10.1 Å². The van der Waals surface area contributed by atoms with Crippen molar-refractivity contribution in [2.24, 2.45) is 0 Å². The predicted molar refractivity (Wildman–Crippen MR) is 74.4 cm³/mol. The van der Waals surface area contributed by atoms with Gasteiger partial charge in [-0.1, -0.05) is 28.1 Å². The highest BCUT2D eigenvalue weighted by molar-refractivity contribution is 9.10. The zero-order valence-corrected chi connectivity index (χ0v) is 11.2. The Morgan fingerprint density at radius 1 is 1.12 bits per heavy atom. The van der Waals surface area contributed by atoms with Crippen LogP contribution in [0, 0.1) is 6.92 Å². The third-order valence-corrected chi connectivity index (χ3v) is 2.88. The van der Waals surface area contributed by atoms with Crippen molar-refractivity contribution in [1.29, 1.82) is 0 Å². The lowest BCUT2D eigenvalue weighted by Gasteiger charge is -2.09. The number of aryl methyl sites for hydroxylation is 1. The molecule has 0 aliphatic rings. The fourth-order valence-electron chi connectivity index (χ4n) is 1.49. The minimum atomic E-state index is 0.463. The summed E-state index contributed by atoms with van der Waals surface area (Å²) in [6.07, 6.45) is 0. The van der Waals surface area contributed by atoms with Gasteiger partial charge in [-0.15, -0.1) is 0 Å². The Balaban J connectivity index is 1.85. The van der Waals surface area contributed by atoms with Gasteiger partial charge in [0.25, 0.3) is 0 Å². The number of rotatable bonds is 4. The molecule has 3 heteroatoms. The number of hydrogen-bond acceptors (Lipinski definition) is 2. The molecule has 17 heavy (non-hydrogen) atoms. The van der Waals surface area contributed by atoms with Crippen LogP contribution in [-0.2, 0) is 0 Å². The van der Waals surface area contributed by atoms with Gasteiger partial charge in [-0.3, -0.25) is 0 Å².